The predicted octanol–water partition coefficient (Wildman–Crippen LogP) is 3.74. The number of amides is 2. The Morgan fingerprint density at radius 1 is 0.896 bits per heavy atom. The van der Waals surface area contributed by atoms with Gasteiger partial charge in [0, 0.05) is 0 Å². The van der Waals surface area contributed by atoms with Gasteiger partial charge in [0.2, 0.25) is 15.9 Å². The van der Waals surface area contributed by atoms with Crippen molar-refractivity contribution in [2.24, 2.45) is 0 Å². The van der Waals surface area contributed by atoms with Crippen molar-refractivity contribution >= 4 is 44.5 Å². The van der Waals surface area contributed by atoms with Crippen LogP contribution in [0.3, 0.4) is 0 Å². The van der Waals surface area contributed by atoms with Crippen LogP contribution in [0, 0.1) is 0 Å². The quantitative estimate of drug-likeness (QED) is 0.138. The molecule has 48 heavy (non-hydrogen) atoms. The minimum atomic E-state index is -3.95. The zero-order chi connectivity index (χ0) is 33.5. The number of ether oxygens (including phenoxy) is 2. The molecule has 1 aromatic heterocycles. The Kier molecular flexibility index (Phi) is 9.78. The van der Waals surface area contributed by atoms with E-state index in [1.54, 1.807) is 60.7 Å². The molecule has 1 aliphatic heterocycles. The number of benzene rings is 4. The van der Waals surface area contributed by atoms with Crippen LogP contribution in [-0.4, -0.2) is 48.3 Å². The standard InChI is InChI=1S/C35H33N5O7S/c41-33(36-20-32-37-26-13-7-8-14-27(26)38-32)19-31-34(42)39-28-17-25(15-16-30(28)47-31)18-29(35(43)46-21-23-9-3-1-4-10-23)40-48(44,45)22-24-11-5-2-6-12-24/h1-17,29,31,40H,18-22H2,(H,36,41)(H,37,38)(H,39,42)/t29-,31?/m0/s1. The van der Waals surface area contributed by atoms with Crippen LogP contribution in [0.25, 0.3) is 11.0 Å². The van der Waals surface area contributed by atoms with Gasteiger partial charge in [-0.3, -0.25) is 14.4 Å². The smallest absolute Gasteiger partial charge is 0.324 e. The molecule has 0 spiro atoms. The van der Waals surface area contributed by atoms with Gasteiger partial charge in [-0.15, -0.1) is 0 Å². The number of para-hydroxylation sites is 2. The molecule has 13 heteroatoms. The molecule has 0 radical (unpaired) electrons. The fourth-order valence-electron chi connectivity index (χ4n) is 5.26. The maximum Gasteiger partial charge on any atom is 0.324 e. The van der Waals surface area contributed by atoms with Gasteiger partial charge in [-0.05, 0) is 47.4 Å². The lowest BCUT2D eigenvalue weighted by molar-refractivity contribution is -0.147. The van der Waals surface area contributed by atoms with E-state index in [9.17, 15) is 22.8 Å². The molecular weight excluding hydrogens is 634 g/mol. The van der Waals surface area contributed by atoms with Crippen LogP contribution in [0.2, 0.25) is 0 Å². The number of fused-ring (bicyclic) bond motifs is 2. The van der Waals surface area contributed by atoms with Crippen LogP contribution in [0.15, 0.2) is 103 Å². The molecule has 4 N–H and O–H groups in total. The molecule has 6 rings (SSSR count). The monoisotopic (exact) mass is 667 g/mol. The van der Waals surface area contributed by atoms with Gasteiger partial charge in [0.1, 0.15) is 24.2 Å². The number of sulfonamides is 1. The van der Waals surface area contributed by atoms with Crippen LogP contribution in [-0.2, 0) is 54.5 Å². The third kappa shape index (κ3) is 8.43. The Hall–Kier alpha value is -5.53. The van der Waals surface area contributed by atoms with E-state index < -0.39 is 40.0 Å². The Morgan fingerprint density at radius 3 is 2.35 bits per heavy atom. The van der Waals surface area contributed by atoms with Crippen LogP contribution < -0.4 is 20.1 Å². The van der Waals surface area contributed by atoms with E-state index in [2.05, 4.69) is 25.3 Å². The number of aromatic amines is 1. The number of carbonyl (C=O) groups excluding carboxylic acids is 3. The first kappa shape index (κ1) is 32.4. The van der Waals surface area contributed by atoms with Crippen LogP contribution >= 0.6 is 0 Å². The van der Waals surface area contributed by atoms with E-state index in [4.69, 9.17) is 9.47 Å². The van der Waals surface area contributed by atoms with Crippen molar-refractivity contribution in [3.8, 4) is 5.75 Å². The van der Waals surface area contributed by atoms with Crippen molar-refractivity contribution in [2.45, 2.75) is 43.9 Å². The molecule has 4 aromatic carbocycles. The molecule has 0 bridgehead atoms. The summed E-state index contributed by atoms with van der Waals surface area (Å²) in [4.78, 5) is 46.4. The molecule has 246 valence electrons. The highest BCUT2D eigenvalue weighted by Crippen LogP contribution is 2.32. The number of hydrogen-bond donors (Lipinski definition) is 4. The highest BCUT2D eigenvalue weighted by molar-refractivity contribution is 7.88. The summed E-state index contributed by atoms with van der Waals surface area (Å²) in [5.41, 5.74) is 3.83. The number of nitrogens with zero attached hydrogens (tertiary/aromatic N) is 1. The summed E-state index contributed by atoms with van der Waals surface area (Å²) in [6.45, 7) is 0.129. The lowest BCUT2D eigenvalue weighted by Crippen LogP contribution is -2.44. The summed E-state index contributed by atoms with van der Waals surface area (Å²) in [5.74, 6) is -1.06. The summed E-state index contributed by atoms with van der Waals surface area (Å²) in [6, 6.07) is 28.8. The number of esters is 1. The predicted molar refractivity (Wildman–Crippen MR) is 178 cm³/mol. The summed E-state index contributed by atoms with van der Waals surface area (Å²) >= 11 is 0. The molecule has 0 saturated carbocycles. The SMILES string of the molecule is O=C(CC1Oc2ccc(C[C@H](NS(=O)(=O)Cc3ccccc3)C(=O)OCc3ccccc3)cc2NC1=O)NCc1nc2ccccc2[nH]1. The number of nitrogens with one attached hydrogen (secondary N) is 4. The molecule has 1 aliphatic rings. The maximum absolute atomic E-state index is 13.2. The number of carbonyl (C=O) groups is 3. The van der Waals surface area contributed by atoms with Gasteiger partial charge >= 0.3 is 5.97 Å². The van der Waals surface area contributed by atoms with Crippen LogP contribution in [0.4, 0.5) is 5.69 Å². The minimum absolute atomic E-state index is 0.0298. The van der Waals surface area contributed by atoms with Crippen molar-refractivity contribution in [1.29, 1.82) is 0 Å². The highest BCUT2D eigenvalue weighted by atomic mass is 32.2. The molecule has 0 aliphatic carbocycles. The number of anilines is 1. The third-order valence-electron chi connectivity index (χ3n) is 7.60. The van der Waals surface area contributed by atoms with Crippen LogP contribution in [0.1, 0.15) is 28.9 Å². The van der Waals surface area contributed by atoms with E-state index in [0.29, 0.717) is 28.4 Å². The van der Waals surface area contributed by atoms with Crippen LogP contribution in [0.5, 0.6) is 5.75 Å². The number of H-pyrrole nitrogens is 1. The topological polar surface area (TPSA) is 169 Å². The summed E-state index contributed by atoms with van der Waals surface area (Å²) in [5, 5.41) is 5.51. The fraction of sp³-hybridized carbons (Fsp3) is 0.200. The number of imidazole rings is 1. The maximum atomic E-state index is 13.2. The molecule has 2 amide bonds. The van der Waals surface area contributed by atoms with Crippen molar-refractivity contribution < 1.29 is 32.3 Å². The van der Waals surface area contributed by atoms with Crippen molar-refractivity contribution in [3.63, 3.8) is 0 Å². The Morgan fingerprint density at radius 2 is 1.60 bits per heavy atom. The molecule has 2 heterocycles. The van der Waals surface area contributed by atoms with E-state index in [1.165, 1.54) is 0 Å². The van der Waals surface area contributed by atoms with Gasteiger partial charge < -0.3 is 25.1 Å². The van der Waals surface area contributed by atoms with Gasteiger partial charge in [0.25, 0.3) is 5.91 Å². The average molecular weight is 668 g/mol. The molecule has 12 nitrogen and oxygen atoms in total. The average Bonchev–Trinajstić information content (AvgIpc) is 3.50. The number of aromatic nitrogens is 2. The van der Waals surface area contributed by atoms with Crippen molar-refractivity contribution in [1.82, 2.24) is 20.0 Å². The first-order valence-corrected chi connectivity index (χ1v) is 16.9. The number of rotatable bonds is 13. The lowest BCUT2D eigenvalue weighted by atomic mass is 10.0. The van der Waals surface area contributed by atoms with Crippen molar-refractivity contribution in [2.75, 3.05) is 5.32 Å². The van der Waals surface area contributed by atoms with E-state index in [1.807, 2.05) is 42.5 Å². The Labute approximate surface area is 276 Å². The second-order valence-electron chi connectivity index (χ2n) is 11.3. The van der Waals surface area contributed by atoms with Gasteiger partial charge in [-0.2, -0.15) is 0 Å². The van der Waals surface area contributed by atoms with E-state index in [0.717, 1.165) is 16.6 Å². The summed E-state index contributed by atoms with van der Waals surface area (Å²) < 4.78 is 40.1. The second-order valence-corrected chi connectivity index (χ2v) is 13.1. The molecule has 0 fully saturated rings. The molecule has 5 aromatic rings. The minimum Gasteiger partial charge on any atom is -0.478 e. The third-order valence-corrected chi connectivity index (χ3v) is 8.95. The fourth-order valence-corrected chi connectivity index (χ4v) is 6.59. The Bertz CT molecular complexity index is 2000. The van der Waals surface area contributed by atoms with Gasteiger partial charge in [-0.25, -0.2) is 18.1 Å². The first-order chi connectivity index (χ1) is 23.2. The Balaban J connectivity index is 1.10. The van der Waals surface area contributed by atoms with Gasteiger partial charge in [0.05, 0.1) is 35.4 Å². The van der Waals surface area contributed by atoms with Gasteiger partial charge in [0.15, 0.2) is 6.10 Å². The molecule has 2 atom stereocenters. The van der Waals surface area contributed by atoms with E-state index >= 15 is 0 Å². The summed E-state index contributed by atoms with van der Waals surface area (Å²) in [7, 11) is -3.95. The first-order valence-electron chi connectivity index (χ1n) is 15.3. The van der Waals surface area contributed by atoms with Crippen molar-refractivity contribution in [3.05, 3.63) is 126 Å². The largest absolute Gasteiger partial charge is 0.478 e. The molecular formula is C35H33N5O7S. The van der Waals surface area contributed by atoms with Gasteiger partial charge in [-0.1, -0.05) is 78.9 Å². The highest BCUT2D eigenvalue weighted by Gasteiger charge is 2.31. The number of hydrogen-bond acceptors (Lipinski definition) is 8. The molecule has 0 saturated heterocycles. The second kappa shape index (κ2) is 14.5. The molecule has 1 unspecified atom stereocenters. The lowest BCUT2D eigenvalue weighted by Gasteiger charge is -2.26. The summed E-state index contributed by atoms with van der Waals surface area (Å²) in [6.07, 6.45) is -1.34. The zero-order valence-electron chi connectivity index (χ0n) is 25.7. The zero-order valence-corrected chi connectivity index (χ0v) is 26.5. The van der Waals surface area contributed by atoms with E-state index in [-0.39, 0.29) is 31.7 Å². The normalized spacial score (nSPS) is 14.8.